The monoisotopic (exact) mass is 226 g/mol. The Kier molecular flexibility index (Phi) is 5.36. The lowest BCUT2D eigenvalue weighted by molar-refractivity contribution is -0.120. The average Bonchev–Trinajstić information content (AvgIpc) is 2.63. The van der Waals surface area contributed by atoms with Gasteiger partial charge in [-0.15, -0.1) is 11.3 Å². The lowest BCUT2D eigenvalue weighted by Crippen LogP contribution is -2.38. The zero-order chi connectivity index (χ0) is 11.1. The fourth-order valence-electron chi connectivity index (χ4n) is 1.24. The van der Waals surface area contributed by atoms with Gasteiger partial charge in [-0.1, -0.05) is 6.07 Å². The van der Waals surface area contributed by atoms with Crippen molar-refractivity contribution in [2.75, 3.05) is 13.1 Å². The molecule has 0 radical (unpaired) electrons. The third-order valence-electron chi connectivity index (χ3n) is 1.86. The van der Waals surface area contributed by atoms with Gasteiger partial charge in [-0.3, -0.25) is 4.79 Å². The van der Waals surface area contributed by atoms with Gasteiger partial charge in [0, 0.05) is 17.5 Å². The van der Waals surface area contributed by atoms with E-state index in [1.165, 1.54) is 4.88 Å². The van der Waals surface area contributed by atoms with E-state index < -0.39 is 0 Å². The summed E-state index contributed by atoms with van der Waals surface area (Å²) in [5.41, 5.74) is 0. The summed E-state index contributed by atoms with van der Waals surface area (Å²) in [4.78, 5) is 12.6. The summed E-state index contributed by atoms with van der Waals surface area (Å²) in [6, 6.07) is 4.38. The molecule has 84 valence electrons. The van der Waals surface area contributed by atoms with Crippen molar-refractivity contribution in [3.8, 4) is 0 Å². The van der Waals surface area contributed by atoms with Crippen LogP contribution in [0.25, 0.3) is 0 Å². The third-order valence-corrected chi connectivity index (χ3v) is 2.80. The zero-order valence-corrected chi connectivity index (χ0v) is 10.1. The molecule has 1 amide bonds. The Labute approximate surface area is 94.9 Å². The minimum absolute atomic E-state index is 0.0659. The maximum absolute atomic E-state index is 11.2. The van der Waals surface area contributed by atoms with E-state index in [4.69, 9.17) is 0 Å². The summed E-state index contributed by atoms with van der Waals surface area (Å²) in [6.45, 7) is 5.18. The Morgan fingerprint density at radius 2 is 2.33 bits per heavy atom. The Morgan fingerprint density at radius 1 is 1.53 bits per heavy atom. The molecule has 0 aromatic carbocycles. The van der Waals surface area contributed by atoms with Crippen molar-refractivity contribution >= 4 is 17.2 Å². The lowest BCUT2D eigenvalue weighted by atomic mass is 10.3. The first-order valence-electron chi connectivity index (χ1n) is 5.21. The highest BCUT2D eigenvalue weighted by molar-refractivity contribution is 7.09. The number of hydrogen-bond acceptors (Lipinski definition) is 3. The van der Waals surface area contributed by atoms with Crippen molar-refractivity contribution < 1.29 is 4.79 Å². The predicted octanol–water partition coefficient (Wildman–Crippen LogP) is 1.40. The number of nitrogens with one attached hydrogen (secondary N) is 2. The molecule has 1 aromatic rings. The highest BCUT2D eigenvalue weighted by Crippen LogP contribution is 2.07. The van der Waals surface area contributed by atoms with Crippen LogP contribution < -0.4 is 10.6 Å². The van der Waals surface area contributed by atoms with E-state index in [9.17, 15) is 4.79 Å². The molecule has 2 N–H and O–H groups in total. The molecular formula is C11H18N2OS. The molecule has 1 rings (SSSR count). The minimum Gasteiger partial charge on any atom is -0.353 e. The summed E-state index contributed by atoms with van der Waals surface area (Å²) >= 11 is 1.75. The van der Waals surface area contributed by atoms with Crippen molar-refractivity contribution in [3.63, 3.8) is 0 Å². The molecule has 4 heteroatoms. The fraction of sp³-hybridized carbons (Fsp3) is 0.545. The smallest absolute Gasteiger partial charge is 0.234 e. The van der Waals surface area contributed by atoms with Gasteiger partial charge >= 0.3 is 0 Å². The SMILES string of the molecule is CC(C)NC(=O)CNCCc1cccs1. The van der Waals surface area contributed by atoms with Gasteiger partial charge < -0.3 is 10.6 Å². The van der Waals surface area contributed by atoms with E-state index >= 15 is 0 Å². The second-order valence-corrected chi connectivity index (χ2v) is 4.76. The van der Waals surface area contributed by atoms with Crippen LogP contribution in [-0.2, 0) is 11.2 Å². The van der Waals surface area contributed by atoms with E-state index in [1.807, 2.05) is 19.9 Å². The second-order valence-electron chi connectivity index (χ2n) is 3.73. The Balaban J connectivity index is 2.04. The van der Waals surface area contributed by atoms with Crippen LogP contribution in [0.4, 0.5) is 0 Å². The van der Waals surface area contributed by atoms with Gasteiger partial charge in [0.25, 0.3) is 0 Å². The second kappa shape index (κ2) is 6.58. The van der Waals surface area contributed by atoms with Gasteiger partial charge in [-0.05, 0) is 31.7 Å². The van der Waals surface area contributed by atoms with Crippen LogP contribution in [-0.4, -0.2) is 25.0 Å². The largest absolute Gasteiger partial charge is 0.353 e. The van der Waals surface area contributed by atoms with Crippen LogP contribution in [0.15, 0.2) is 17.5 Å². The first kappa shape index (κ1) is 12.2. The average molecular weight is 226 g/mol. The third kappa shape index (κ3) is 5.54. The van der Waals surface area contributed by atoms with E-state index in [0.717, 1.165) is 13.0 Å². The predicted molar refractivity (Wildman–Crippen MR) is 64.2 cm³/mol. The van der Waals surface area contributed by atoms with E-state index in [2.05, 4.69) is 22.1 Å². The van der Waals surface area contributed by atoms with Crippen molar-refractivity contribution in [3.05, 3.63) is 22.4 Å². The van der Waals surface area contributed by atoms with Crippen LogP contribution in [0.5, 0.6) is 0 Å². The molecule has 0 unspecified atom stereocenters. The highest BCUT2D eigenvalue weighted by atomic mass is 32.1. The van der Waals surface area contributed by atoms with Gasteiger partial charge in [0.1, 0.15) is 0 Å². The summed E-state index contributed by atoms with van der Waals surface area (Å²) in [6.07, 6.45) is 0.993. The molecule has 0 aliphatic heterocycles. The molecule has 0 atom stereocenters. The molecular weight excluding hydrogens is 208 g/mol. The molecule has 0 aliphatic rings. The topological polar surface area (TPSA) is 41.1 Å². The van der Waals surface area contributed by atoms with Gasteiger partial charge in [0.2, 0.25) is 5.91 Å². The van der Waals surface area contributed by atoms with Gasteiger partial charge in [0.15, 0.2) is 0 Å². The Bertz CT molecular complexity index is 283. The molecule has 1 aromatic heterocycles. The highest BCUT2D eigenvalue weighted by Gasteiger charge is 2.01. The summed E-state index contributed by atoms with van der Waals surface area (Å²) in [5.74, 6) is 0.0659. The summed E-state index contributed by atoms with van der Waals surface area (Å²) in [7, 11) is 0. The number of rotatable bonds is 6. The fourth-order valence-corrected chi connectivity index (χ4v) is 1.95. The van der Waals surface area contributed by atoms with Crippen molar-refractivity contribution in [2.24, 2.45) is 0 Å². The maximum Gasteiger partial charge on any atom is 0.234 e. The lowest BCUT2D eigenvalue weighted by Gasteiger charge is -2.08. The van der Waals surface area contributed by atoms with E-state index in [-0.39, 0.29) is 11.9 Å². The number of carbonyl (C=O) groups is 1. The minimum atomic E-state index is 0.0659. The quantitative estimate of drug-likeness (QED) is 0.720. The zero-order valence-electron chi connectivity index (χ0n) is 9.25. The Morgan fingerprint density at radius 3 is 2.93 bits per heavy atom. The van der Waals surface area contributed by atoms with Crippen molar-refractivity contribution in [1.29, 1.82) is 0 Å². The molecule has 1 heterocycles. The normalized spacial score (nSPS) is 10.6. The van der Waals surface area contributed by atoms with Crippen LogP contribution in [0.2, 0.25) is 0 Å². The van der Waals surface area contributed by atoms with E-state index in [1.54, 1.807) is 11.3 Å². The molecule has 15 heavy (non-hydrogen) atoms. The molecule has 0 bridgehead atoms. The van der Waals surface area contributed by atoms with Crippen molar-refractivity contribution in [2.45, 2.75) is 26.3 Å². The summed E-state index contributed by atoms with van der Waals surface area (Å²) in [5, 5.41) is 8.03. The molecule has 3 nitrogen and oxygen atoms in total. The standard InChI is InChI=1S/C11H18N2OS/c1-9(2)13-11(14)8-12-6-5-10-4-3-7-15-10/h3-4,7,9,12H,5-6,8H2,1-2H3,(H,13,14). The van der Waals surface area contributed by atoms with Gasteiger partial charge in [-0.25, -0.2) is 0 Å². The van der Waals surface area contributed by atoms with Gasteiger partial charge in [0.05, 0.1) is 6.54 Å². The number of amides is 1. The molecule has 0 saturated carbocycles. The van der Waals surface area contributed by atoms with Crippen LogP contribution in [0.1, 0.15) is 18.7 Å². The van der Waals surface area contributed by atoms with Crippen molar-refractivity contribution in [1.82, 2.24) is 10.6 Å². The number of thiophene rings is 1. The molecule has 0 fully saturated rings. The van der Waals surface area contributed by atoms with Crippen LogP contribution in [0, 0.1) is 0 Å². The van der Waals surface area contributed by atoms with E-state index in [0.29, 0.717) is 6.54 Å². The number of carbonyl (C=O) groups excluding carboxylic acids is 1. The molecule has 0 saturated heterocycles. The molecule has 0 spiro atoms. The first-order valence-corrected chi connectivity index (χ1v) is 6.09. The first-order chi connectivity index (χ1) is 7.18. The van der Waals surface area contributed by atoms with Gasteiger partial charge in [-0.2, -0.15) is 0 Å². The van der Waals surface area contributed by atoms with Crippen LogP contribution in [0.3, 0.4) is 0 Å². The molecule has 0 aliphatic carbocycles. The Hall–Kier alpha value is -0.870. The summed E-state index contributed by atoms with van der Waals surface area (Å²) < 4.78 is 0. The van der Waals surface area contributed by atoms with Crippen LogP contribution >= 0.6 is 11.3 Å². The number of hydrogen-bond donors (Lipinski definition) is 2. The maximum atomic E-state index is 11.2.